The summed E-state index contributed by atoms with van der Waals surface area (Å²) in [5.41, 5.74) is 2.91. The Morgan fingerprint density at radius 2 is 1.77 bits per heavy atom. The summed E-state index contributed by atoms with van der Waals surface area (Å²) in [6, 6.07) is 10.5. The van der Waals surface area contributed by atoms with E-state index in [1.54, 1.807) is 6.92 Å². The highest BCUT2D eigenvalue weighted by Gasteiger charge is 2.62. The van der Waals surface area contributed by atoms with Crippen LogP contribution in [-0.4, -0.2) is 23.3 Å². The molecule has 1 aromatic carbocycles. The molecule has 0 radical (unpaired) electrons. The maximum atomic E-state index is 12.1. The lowest BCUT2D eigenvalue weighted by molar-refractivity contribution is -0.161. The zero-order valence-electron chi connectivity index (χ0n) is 19.3. The first kappa shape index (κ1) is 21.2. The zero-order valence-corrected chi connectivity index (χ0v) is 19.3. The lowest BCUT2D eigenvalue weighted by Crippen LogP contribution is -2.54. The summed E-state index contributed by atoms with van der Waals surface area (Å²) >= 11 is 0. The fourth-order valence-corrected chi connectivity index (χ4v) is 8.35. The highest BCUT2D eigenvalue weighted by molar-refractivity contribution is 5.67. The van der Waals surface area contributed by atoms with Crippen LogP contribution in [-0.2, 0) is 9.53 Å². The minimum Gasteiger partial charge on any atom is -0.457 e. The van der Waals surface area contributed by atoms with Crippen molar-refractivity contribution in [2.24, 2.45) is 34.5 Å². The molecule has 4 aliphatic rings. The predicted octanol–water partition coefficient (Wildman–Crippen LogP) is 6.02. The van der Waals surface area contributed by atoms with Gasteiger partial charge in [-0.2, -0.15) is 0 Å². The molecular weight excluding hydrogens is 384 g/mol. The largest absolute Gasteiger partial charge is 0.457 e. The van der Waals surface area contributed by atoms with Crippen molar-refractivity contribution in [2.45, 2.75) is 84.3 Å². The number of carbonyl (C=O) groups is 1. The second-order valence-electron chi connectivity index (χ2n) is 11.5. The Hall–Kier alpha value is -1.61. The second-order valence-corrected chi connectivity index (χ2v) is 11.5. The van der Waals surface area contributed by atoms with Gasteiger partial charge in [-0.05, 0) is 91.6 Å². The topological polar surface area (TPSA) is 46.5 Å². The van der Waals surface area contributed by atoms with E-state index in [4.69, 9.17) is 4.74 Å². The van der Waals surface area contributed by atoms with Gasteiger partial charge in [-0.1, -0.05) is 50.3 Å². The Morgan fingerprint density at radius 1 is 1.03 bits per heavy atom. The first-order valence-corrected chi connectivity index (χ1v) is 12.4. The smallest absolute Gasteiger partial charge is 0.303 e. The van der Waals surface area contributed by atoms with Crippen molar-refractivity contribution in [3.05, 3.63) is 41.5 Å². The van der Waals surface area contributed by atoms with Gasteiger partial charge in [-0.3, -0.25) is 4.79 Å². The normalized spacial score (nSPS) is 45.5. The maximum absolute atomic E-state index is 12.1. The highest BCUT2D eigenvalue weighted by Crippen LogP contribution is 2.67. The first-order chi connectivity index (χ1) is 14.8. The van der Waals surface area contributed by atoms with Crippen LogP contribution >= 0.6 is 0 Å². The molecule has 0 aliphatic heterocycles. The Labute approximate surface area is 187 Å². The number of fused-ring (bicyclic) bond motifs is 5. The predicted molar refractivity (Wildman–Crippen MR) is 123 cm³/mol. The molecule has 1 N–H and O–H groups in total. The van der Waals surface area contributed by atoms with Gasteiger partial charge in [0.2, 0.25) is 0 Å². The molecule has 0 saturated heterocycles. The molecule has 0 amide bonds. The van der Waals surface area contributed by atoms with Gasteiger partial charge in [0.25, 0.3) is 0 Å². The van der Waals surface area contributed by atoms with Gasteiger partial charge in [-0.15, -0.1) is 0 Å². The van der Waals surface area contributed by atoms with Crippen molar-refractivity contribution in [2.75, 3.05) is 0 Å². The van der Waals surface area contributed by atoms with Gasteiger partial charge in [0.15, 0.2) is 0 Å². The molecule has 0 spiro atoms. The van der Waals surface area contributed by atoms with E-state index in [1.807, 2.05) is 6.07 Å². The summed E-state index contributed by atoms with van der Waals surface area (Å²) in [4.78, 5) is 12.1. The number of hydrogen-bond acceptors (Lipinski definition) is 3. The van der Waals surface area contributed by atoms with E-state index >= 15 is 0 Å². The summed E-state index contributed by atoms with van der Waals surface area (Å²) in [7, 11) is 0. The molecule has 0 aromatic heterocycles. The van der Waals surface area contributed by atoms with Gasteiger partial charge in [0, 0.05) is 12.3 Å². The van der Waals surface area contributed by atoms with Crippen LogP contribution < -0.4 is 0 Å². The Bertz CT molecular complexity index is 860. The van der Waals surface area contributed by atoms with Gasteiger partial charge < -0.3 is 9.84 Å². The number of benzene rings is 1. The molecule has 4 aliphatic carbocycles. The van der Waals surface area contributed by atoms with Crippen LogP contribution in [0.5, 0.6) is 0 Å². The third-order valence-corrected chi connectivity index (χ3v) is 9.90. The van der Waals surface area contributed by atoms with Crippen molar-refractivity contribution >= 4 is 12.0 Å². The second kappa shape index (κ2) is 7.76. The average Bonchev–Trinajstić information content (AvgIpc) is 3.00. The number of rotatable bonds is 2. The Balaban J connectivity index is 1.48. The molecule has 4 fully saturated rings. The van der Waals surface area contributed by atoms with E-state index in [9.17, 15) is 9.90 Å². The van der Waals surface area contributed by atoms with Gasteiger partial charge in [0.1, 0.15) is 6.10 Å². The number of ether oxygens (including phenoxy) is 1. The molecule has 4 saturated carbocycles. The molecule has 31 heavy (non-hydrogen) atoms. The van der Waals surface area contributed by atoms with Crippen LogP contribution in [0.15, 0.2) is 35.9 Å². The van der Waals surface area contributed by atoms with E-state index in [1.165, 1.54) is 36.8 Å². The Morgan fingerprint density at radius 3 is 2.52 bits per heavy atom. The molecular formula is C28H38O3. The van der Waals surface area contributed by atoms with Crippen LogP contribution in [0.25, 0.3) is 6.08 Å². The first-order valence-electron chi connectivity index (χ1n) is 12.4. The van der Waals surface area contributed by atoms with Crippen LogP contribution in [0.4, 0.5) is 0 Å². The summed E-state index contributed by atoms with van der Waals surface area (Å²) < 4.78 is 6.05. The number of aliphatic hydroxyl groups excluding tert-OH is 1. The van der Waals surface area contributed by atoms with Crippen molar-refractivity contribution in [3.8, 4) is 0 Å². The van der Waals surface area contributed by atoms with E-state index in [-0.39, 0.29) is 23.6 Å². The fraction of sp³-hybridized carbons (Fsp3) is 0.679. The van der Waals surface area contributed by atoms with Crippen LogP contribution in [0.3, 0.4) is 0 Å². The molecule has 3 heteroatoms. The van der Waals surface area contributed by atoms with E-state index in [2.05, 4.69) is 44.2 Å². The Kier molecular flexibility index (Phi) is 5.32. The molecule has 0 unspecified atom stereocenters. The van der Waals surface area contributed by atoms with Crippen LogP contribution in [0, 0.1) is 34.5 Å². The molecule has 5 rings (SSSR count). The van der Waals surface area contributed by atoms with Crippen molar-refractivity contribution in [3.63, 3.8) is 0 Å². The lowest BCUT2D eigenvalue weighted by atomic mass is 9.45. The summed E-state index contributed by atoms with van der Waals surface area (Å²) in [6.07, 6.45) is 11.2. The zero-order chi connectivity index (χ0) is 21.8. The van der Waals surface area contributed by atoms with E-state index in [0.29, 0.717) is 23.2 Å². The third kappa shape index (κ3) is 3.48. The lowest BCUT2D eigenvalue weighted by Gasteiger charge is -2.60. The molecule has 1 aromatic rings. The molecule has 0 bridgehead atoms. The number of esters is 1. The molecule has 8 atom stereocenters. The SMILES string of the molecule is CC(=O)O[C@@H]1/C(=C/c2ccccc2)C[C@@H]2[C@H]3CC[C@@H]4C[C@@H](O)CC[C@@]4(C)[C@@H]3CC[C@@]12C. The summed E-state index contributed by atoms with van der Waals surface area (Å²) in [6.45, 7) is 6.48. The standard InChI is InChI=1S/C28H38O3/c1-18(29)31-26-20(15-19-7-5-4-6-8-19)16-25-23-10-9-21-17-22(30)11-13-27(21,2)24(23)12-14-28(25,26)3/h4-8,15,21-26,30H,9-14,16-17H2,1-3H3/b20-15+/t21-,22+,23+,24-,25-,26-,27-,28-/m1/s1. The summed E-state index contributed by atoms with van der Waals surface area (Å²) in [5.74, 6) is 2.53. The molecule has 3 nitrogen and oxygen atoms in total. The minimum atomic E-state index is -0.162. The minimum absolute atomic E-state index is 0.0326. The van der Waals surface area contributed by atoms with Gasteiger partial charge in [-0.25, -0.2) is 0 Å². The van der Waals surface area contributed by atoms with Crippen LogP contribution in [0.2, 0.25) is 0 Å². The monoisotopic (exact) mass is 422 g/mol. The van der Waals surface area contributed by atoms with Crippen molar-refractivity contribution < 1.29 is 14.6 Å². The summed E-state index contributed by atoms with van der Waals surface area (Å²) in [5, 5.41) is 10.3. The third-order valence-electron chi connectivity index (χ3n) is 9.90. The quantitative estimate of drug-likeness (QED) is 0.593. The van der Waals surface area contributed by atoms with Crippen molar-refractivity contribution in [1.29, 1.82) is 0 Å². The average molecular weight is 423 g/mol. The maximum Gasteiger partial charge on any atom is 0.303 e. The fourth-order valence-electron chi connectivity index (χ4n) is 8.35. The molecule has 0 heterocycles. The number of aliphatic hydroxyl groups is 1. The van der Waals surface area contributed by atoms with Crippen molar-refractivity contribution in [1.82, 2.24) is 0 Å². The van der Waals surface area contributed by atoms with E-state index in [0.717, 1.165) is 31.6 Å². The highest BCUT2D eigenvalue weighted by atomic mass is 16.5. The van der Waals surface area contributed by atoms with Crippen LogP contribution in [0.1, 0.15) is 77.7 Å². The van der Waals surface area contributed by atoms with Gasteiger partial charge >= 0.3 is 5.97 Å². The number of carbonyl (C=O) groups excluding carboxylic acids is 1. The van der Waals surface area contributed by atoms with E-state index < -0.39 is 0 Å². The number of hydrogen-bond donors (Lipinski definition) is 1. The van der Waals surface area contributed by atoms with Gasteiger partial charge in [0.05, 0.1) is 6.10 Å². The molecule has 168 valence electrons.